The molecule has 110 valence electrons. The number of hydrogen-bond donors (Lipinski definition) is 0. The normalized spacial score (nSPS) is 10.3. The Bertz CT molecular complexity index is 676. The van der Waals surface area contributed by atoms with Crippen LogP contribution in [0.3, 0.4) is 0 Å². The molecule has 0 spiro atoms. The van der Waals surface area contributed by atoms with Gasteiger partial charge in [-0.05, 0) is 36.8 Å². The highest BCUT2D eigenvalue weighted by Gasteiger charge is 2.17. The van der Waals surface area contributed by atoms with Crippen LogP contribution in [0.15, 0.2) is 30.3 Å². The van der Waals surface area contributed by atoms with E-state index in [1.807, 2.05) is 0 Å². The Morgan fingerprint density at radius 2 is 1.57 bits per heavy atom. The molecule has 0 aromatic heterocycles. The molecule has 0 aliphatic heterocycles. The van der Waals surface area contributed by atoms with E-state index in [0.29, 0.717) is 22.6 Å². The van der Waals surface area contributed by atoms with Crippen molar-refractivity contribution in [3.8, 4) is 22.6 Å². The standard InChI is InChI=1S/C16H14F2O3/c1-9(19)10-6-14(16(21-3)15(7-10)20-2)11-4-12(17)8-13(18)5-11/h4-8H,1-3H3. The molecule has 0 aliphatic carbocycles. The third-order valence-corrected chi connectivity index (χ3v) is 3.06. The van der Waals surface area contributed by atoms with Gasteiger partial charge in [-0.1, -0.05) is 0 Å². The van der Waals surface area contributed by atoms with Crippen molar-refractivity contribution in [1.82, 2.24) is 0 Å². The summed E-state index contributed by atoms with van der Waals surface area (Å²) in [5.41, 5.74) is 1.03. The van der Waals surface area contributed by atoms with E-state index in [0.717, 1.165) is 6.07 Å². The van der Waals surface area contributed by atoms with E-state index in [4.69, 9.17) is 9.47 Å². The summed E-state index contributed by atoms with van der Waals surface area (Å²) in [6.07, 6.45) is 0. The number of benzene rings is 2. The van der Waals surface area contributed by atoms with Crippen LogP contribution in [-0.4, -0.2) is 20.0 Å². The van der Waals surface area contributed by atoms with Crippen LogP contribution in [0, 0.1) is 11.6 Å². The quantitative estimate of drug-likeness (QED) is 0.803. The molecule has 3 nitrogen and oxygen atoms in total. The van der Waals surface area contributed by atoms with Gasteiger partial charge in [0.05, 0.1) is 14.2 Å². The number of carbonyl (C=O) groups is 1. The van der Waals surface area contributed by atoms with Gasteiger partial charge in [-0.2, -0.15) is 0 Å². The van der Waals surface area contributed by atoms with Gasteiger partial charge in [-0.3, -0.25) is 4.79 Å². The van der Waals surface area contributed by atoms with Gasteiger partial charge in [0.2, 0.25) is 0 Å². The van der Waals surface area contributed by atoms with Crippen molar-refractivity contribution in [1.29, 1.82) is 0 Å². The van der Waals surface area contributed by atoms with Gasteiger partial charge < -0.3 is 9.47 Å². The van der Waals surface area contributed by atoms with Crippen LogP contribution in [-0.2, 0) is 0 Å². The number of halogens is 2. The van der Waals surface area contributed by atoms with Gasteiger partial charge in [0.15, 0.2) is 17.3 Å². The summed E-state index contributed by atoms with van der Waals surface area (Å²) >= 11 is 0. The molecule has 21 heavy (non-hydrogen) atoms. The predicted molar refractivity (Wildman–Crippen MR) is 74.9 cm³/mol. The smallest absolute Gasteiger partial charge is 0.168 e. The summed E-state index contributed by atoms with van der Waals surface area (Å²) in [6.45, 7) is 1.40. The molecule has 2 aromatic carbocycles. The molecule has 0 saturated heterocycles. The molecule has 5 heteroatoms. The SMILES string of the molecule is COc1cc(C(C)=O)cc(-c2cc(F)cc(F)c2)c1OC. The number of hydrogen-bond acceptors (Lipinski definition) is 3. The van der Waals surface area contributed by atoms with E-state index < -0.39 is 11.6 Å². The molecule has 0 amide bonds. The van der Waals surface area contributed by atoms with Crippen molar-refractivity contribution in [2.75, 3.05) is 14.2 Å². The third kappa shape index (κ3) is 3.02. The molecular formula is C16H14F2O3. The Kier molecular flexibility index (Phi) is 4.21. The molecule has 0 aliphatic rings. The summed E-state index contributed by atoms with van der Waals surface area (Å²) in [7, 11) is 2.85. The second-order valence-corrected chi connectivity index (χ2v) is 4.47. The molecule has 0 radical (unpaired) electrons. The Morgan fingerprint density at radius 3 is 2.05 bits per heavy atom. The molecule has 0 atom stereocenters. The Balaban J connectivity index is 2.75. The van der Waals surface area contributed by atoms with Gasteiger partial charge >= 0.3 is 0 Å². The minimum atomic E-state index is -0.709. The van der Waals surface area contributed by atoms with Crippen LogP contribution in [0.4, 0.5) is 8.78 Å². The zero-order chi connectivity index (χ0) is 15.6. The van der Waals surface area contributed by atoms with Crippen LogP contribution in [0.5, 0.6) is 11.5 Å². The fourth-order valence-corrected chi connectivity index (χ4v) is 2.09. The molecular weight excluding hydrogens is 278 g/mol. The maximum atomic E-state index is 13.4. The molecule has 2 aromatic rings. The number of ether oxygens (including phenoxy) is 2. The maximum absolute atomic E-state index is 13.4. The average molecular weight is 292 g/mol. The monoisotopic (exact) mass is 292 g/mol. The van der Waals surface area contributed by atoms with E-state index in [1.165, 1.54) is 45.4 Å². The van der Waals surface area contributed by atoms with Crippen molar-refractivity contribution < 1.29 is 23.0 Å². The largest absolute Gasteiger partial charge is 0.493 e. The fourth-order valence-electron chi connectivity index (χ4n) is 2.09. The highest BCUT2D eigenvalue weighted by molar-refractivity contribution is 5.97. The van der Waals surface area contributed by atoms with Crippen molar-refractivity contribution in [3.05, 3.63) is 47.5 Å². The van der Waals surface area contributed by atoms with E-state index in [2.05, 4.69) is 0 Å². The number of Topliss-reactive ketones (excluding diaryl/α,β-unsaturated/α-hetero) is 1. The Hall–Kier alpha value is -2.43. The second kappa shape index (κ2) is 5.91. The molecule has 0 N–H and O–H groups in total. The summed E-state index contributed by atoms with van der Waals surface area (Å²) in [5, 5.41) is 0. The first kappa shape index (κ1) is 15.0. The summed E-state index contributed by atoms with van der Waals surface area (Å²) in [6, 6.07) is 6.18. The molecule has 0 saturated carbocycles. The first-order valence-corrected chi connectivity index (χ1v) is 6.19. The van der Waals surface area contributed by atoms with E-state index in [1.54, 1.807) is 0 Å². The van der Waals surface area contributed by atoms with E-state index in [9.17, 15) is 13.6 Å². The zero-order valence-electron chi connectivity index (χ0n) is 11.9. The van der Waals surface area contributed by atoms with Crippen molar-refractivity contribution in [2.24, 2.45) is 0 Å². The Morgan fingerprint density at radius 1 is 0.952 bits per heavy atom. The fraction of sp³-hybridized carbons (Fsp3) is 0.188. The molecule has 0 unspecified atom stereocenters. The van der Waals surface area contributed by atoms with Gasteiger partial charge in [-0.25, -0.2) is 8.78 Å². The second-order valence-electron chi connectivity index (χ2n) is 4.47. The predicted octanol–water partition coefficient (Wildman–Crippen LogP) is 3.85. The Labute approximate surface area is 121 Å². The molecule has 0 fully saturated rings. The van der Waals surface area contributed by atoms with Gasteiger partial charge in [0.1, 0.15) is 11.6 Å². The molecule has 2 rings (SSSR count). The number of rotatable bonds is 4. The van der Waals surface area contributed by atoms with Crippen LogP contribution in [0.1, 0.15) is 17.3 Å². The average Bonchev–Trinajstić information content (AvgIpc) is 2.44. The number of methoxy groups -OCH3 is 2. The van der Waals surface area contributed by atoms with Gasteiger partial charge in [0.25, 0.3) is 0 Å². The van der Waals surface area contributed by atoms with Crippen molar-refractivity contribution >= 4 is 5.78 Å². The highest BCUT2D eigenvalue weighted by atomic mass is 19.1. The first-order valence-electron chi connectivity index (χ1n) is 6.19. The topological polar surface area (TPSA) is 35.5 Å². The van der Waals surface area contributed by atoms with Gasteiger partial charge in [-0.15, -0.1) is 0 Å². The minimum absolute atomic E-state index is 0.186. The minimum Gasteiger partial charge on any atom is -0.493 e. The number of carbonyl (C=O) groups excluding carboxylic acids is 1. The first-order chi connectivity index (χ1) is 9.96. The maximum Gasteiger partial charge on any atom is 0.168 e. The molecule has 0 bridgehead atoms. The molecule has 0 heterocycles. The zero-order valence-corrected chi connectivity index (χ0v) is 11.9. The number of ketones is 1. The lowest BCUT2D eigenvalue weighted by atomic mass is 9.99. The van der Waals surface area contributed by atoms with E-state index >= 15 is 0 Å². The lowest BCUT2D eigenvalue weighted by Gasteiger charge is -2.14. The third-order valence-electron chi connectivity index (χ3n) is 3.06. The van der Waals surface area contributed by atoms with Crippen molar-refractivity contribution in [2.45, 2.75) is 6.92 Å². The van der Waals surface area contributed by atoms with Crippen LogP contribution in [0.2, 0.25) is 0 Å². The lowest BCUT2D eigenvalue weighted by Crippen LogP contribution is -1.99. The van der Waals surface area contributed by atoms with Gasteiger partial charge in [0, 0.05) is 17.2 Å². The van der Waals surface area contributed by atoms with E-state index in [-0.39, 0.29) is 11.3 Å². The van der Waals surface area contributed by atoms with Crippen LogP contribution in [0.25, 0.3) is 11.1 Å². The lowest BCUT2D eigenvalue weighted by molar-refractivity contribution is 0.101. The van der Waals surface area contributed by atoms with Crippen LogP contribution < -0.4 is 9.47 Å². The summed E-state index contributed by atoms with van der Waals surface area (Å²) < 4.78 is 37.3. The van der Waals surface area contributed by atoms with Crippen molar-refractivity contribution in [3.63, 3.8) is 0 Å². The summed E-state index contributed by atoms with van der Waals surface area (Å²) in [5.74, 6) is -0.968. The summed E-state index contributed by atoms with van der Waals surface area (Å²) in [4.78, 5) is 11.6. The highest BCUT2D eigenvalue weighted by Crippen LogP contribution is 2.39. The van der Waals surface area contributed by atoms with Crippen LogP contribution >= 0.6 is 0 Å².